The second-order valence-electron chi connectivity index (χ2n) is 7.90. The summed E-state index contributed by atoms with van der Waals surface area (Å²) in [6.07, 6.45) is 1.02. The quantitative estimate of drug-likeness (QED) is 0.808. The van der Waals surface area contributed by atoms with Crippen LogP contribution in [0, 0.1) is 13.8 Å². The molecule has 7 heteroatoms. The van der Waals surface area contributed by atoms with Gasteiger partial charge in [0.05, 0.1) is 0 Å². The van der Waals surface area contributed by atoms with Crippen LogP contribution < -0.4 is 5.32 Å². The van der Waals surface area contributed by atoms with Gasteiger partial charge in [-0.2, -0.15) is 0 Å². The summed E-state index contributed by atoms with van der Waals surface area (Å²) in [6, 6.07) is -0.00929. The molecule has 1 aliphatic rings. The highest BCUT2D eigenvalue weighted by molar-refractivity contribution is 6.02. The van der Waals surface area contributed by atoms with Crippen molar-refractivity contribution in [1.82, 2.24) is 15.2 Å². The first-order valence-corrected chi connectivity index (χ1v) is 8.98. The Morgan fingerprint density at radius 2 is 1.73 bits per heavy atom. The molecule has 0 bridgehead atoms. The number of piperidine rings is 1. The molecule has 2 amide bonds. The zero-order chi connectivity index (χ0) is 19.6. The van der Waals surface area contributed by atoms with E-state index in [0.717, 1.165) is 0 Å². The predicted octanol–water partition coefficient (Wildman–Crippen LogP) is 2.96. The topological polar surface area (TPSA) is 91.5 Å². The van der Waals surface area contributed by atoms with Crippen LogP contribution in [0.15, 0.2) is 0 Å². The van der Waals surface area contributed by atoms with Gasteiger partial charge in [-0.25, -0.2) is 4.79 Å². The number of hydrogen-bond donors (Lipinski definition) is 2. The molecule has 7 nitrogen and oxygen atoms in total. The number of Topliss-reactive ketones (excluding diaryl/α,β-unsaturated/α-hetero) is 1. The Morgan fingerprint density at radius 3 is 2.19 bits per heavy atom. The number of H-pyrrole nitrogens is 1. The van der Waals surface area contributed by atoms with E-state index in [1.807, 2.05) is 20.8 Å². The number of carbonyl (C=O) groups excluding carboxylic acids is 3. The number of aromatic nitrogens is 1. The number of amides is 2. The second kappa shape index (κ2) is 7.51. The lowest BCUT2D eigenvalue weighted by molar-refractivity contribution is 0.0199. The van der Waals surface area contributed by atoms with Gasteiger partial charge in [0.2, 0.25) is 0 Å². The second-order valence-corrected chi connectivity index (χ2v) is 7.90. The Balaban J connectivity index is 1.94. The Labute approximate surface area is 154 Å². The first-order valence-electron chi connectivity index (χ1n) is 8.98. The number of hydrogen-bond acceptors (Lipinski definition) is 4. The number of ketones is 1. The molecule has 0 aromatic carbocycles. The minimum absolute atomic E-state index is 0.00929. The molecular formula is C19H29N3O4. The molecule has 2 rings (SSSR count). The summed E-state index contributed by atoms with van der Waals surface area (Å²) < 4.78 is 5.38. The van der Waals surface area contributed by atoms with Crippen molar-refractivity contribution in [3.05, 3.63) is 22.5 Å². The molecule has 0 radical (unpaired) electrons. The van der Waals surface area contributed by atoms with Crippen LogP contribution in [0.25, 0.3) is 0 Å². The third-order valence-electron chi connectivity index (χ3n) is 4.50. The van der Waals surface area contributed by atoms with Crippen LogP contribution in [-0.2, 0) is 4.74 Å². The molecule has 2 heterocycles. The van der Waals surface area contributed by atoms with E-state index in [2.05, 4.69) is 10.3 Å². The number of nitrogens with zero attached hydrogens (tertiary/aromatic N) is 1. The zero-order valence-corrected chi connectivity index (χ0v) is 16.5. The van der Waals surface area contributed by atoms with Crippen LogP contribution >= 0.6 is 0 Å². The summed E-state index contributed by atoms with van der Waals surface area (Å²) in [7, 11) is 0. The third kappa shape index (κ3) is 4.65. The summed E-state index contributed by atoms with van der Waals surface area (Å²) >= 11 is 0. The van der Waals surface area contributed by atoms with Crippen LogP contribution in [0.4, 0.5) is 4.79 Å². The van der Waals surface area contributed by atoms with Crippen molar-refractivity contribution in [3.8, 4) is 0 Å². The highest BCUT2D eigenvalue weighted by atomic mass is 16.6. The smallest absolute Gasteiger partial charge is 0.410 e. The van der Waals surface area contributed by atoms with Gasteiger partial charge in [0.25, 0.3) is 5.91 Å². The summed E-state index contributed by atoms with van der Waals surface area (Å²) in [5, 5.41) is 3.00. The molecule has 1 fully saturated rings. The Hall–Kier alpha value is -2.31. The van der Waals surface area contributed by atoms with Crippen LogP contribution in [0.1, 0.15) is 72.6 Å². The van der Waals surface area contributed by atoms with E-state index in [1.54, 1.807) is 18.7 Å². The molecule has 1 saturated heterocycles. The molecule has 0 spiro atoms. The lowest BCUT2D eigenvalue weighted by Gasteiger charge is -2.33. The van der Waals surface area contributed by atoms with Crippen molar-refractivity contribution in [1.29, 1.82) is 0 Å². The standard InChI is InChI=1S/C19H29N3O4/c1-11-15(13(3)23)12(2)20-16(11)17(24)21-14-7-9-22(10-8-14)18(25)26-19(4,5)6/h14,20H,7-10H2,1-6H3,(H,21,24). The van der Waals surface area contributed by atoms with Crippen molar-refractivity contribution in [3.63, 3.8) is 0 Å². The predicted molar refractivity (Wildman–Crippen MR) is 98.6 cm³/mol. The first-order chi connectivity index (χ1) is 12.0. The van der Waals surface area contributed by atoms with Crippen molar-refractivity contribution < 1.29 is 19.1 Å². The Morgan fingerprint density at radius 1 is 1.15 bits per heavy atom. The van der Waals surface area contributed by atoms with Gasteiger partial charge < -0.3 is 19.9 Å². The molecule has 0 atom stereocenters. The van der Waals surface area contributed by atoms with Crippen molar-refractivity contribution in [2.75, 3.05) is 13.1 Å². The van der Waals surface area contributed by atoms with Gasteiger partial charge in [-0.05, 0) is 59.9 Å². The highest BCUT2D eigenvalue weighted by Crippen LogP contribution is 2.20. The largest absolute Gasteiger partial charge is 0.444 e. The number of aromatic amines is 1. The Kier molecular flexibility index (Phi) is 5.78. The van der Waals surface area contributed by atoms with Crippen molar-refractivity contribution in [2.24, 2.45) is 0 Å². The van der Waals surface area contributed by atoms with Gasteiger partial charge >= 0.3 is 6.09 Å². The fourth-order valence-corrected chi connectivity index (χ4v) is 3.30. The van der Waals surface area contributed by atoms with Gasteiger partial charge in [0.15, 0.2) is 5.78 Å². The van der Waals surface area contributed by atoms with Crippen molar-refractivity contribution >= 4 is 17.8 Å². The van der Waals surface area contributed by atoms with Gasteiger partial charge in [0, 0.05) is 30.4 Å². The maximum absolute atomic E-state index is 12.6. The first kappa shape index (κ1) is 20.0. The van der Waals surface area contributed by atoms with Crippen LogP contribution in [-0.4, -0.2) is 52.4 Å². The number of aryl methyl sites for hydroxylation is 1. The monoisotopic (exact) mass is 363 g/mol. The van der Waals surface area contributed by atoms with Gasteiger partial charge in [-0.3, -0.25) is 9.59 Å². The number of likely N-dealkylation sites (tertiary alicyclic amines) is 1. The average Bonchev–Trinajstić information content (AvgIpc) is 2.81. The lowest BCUT2D eigenvalue weighted by atomic mass is 10.0. The van der Waals surface area contributed by atoms with E-state index in [9.17, 15) is 14.4 Å². The maximum Gasteiger partial charge on any atom is 0.410 e. The molecule has 1 aromatic heterocycles. The molecule has 1 aliphatic heterocycles. The summed E-state index contributed by atoms with van der Waals surface area (Å²) in [5.41, 5.74) is 1.88. The molecule has 0 saturated carbocycles. The fourth-order valence-electron chi connectivity index (χ4n) is 3.30. The number of nitrogens with one attached hydrogen (secondary N) is 2. The van der Waals surface area contributed by atoms with Crippen molar-refractivity contribution in [2.45, 2.75) is 66.0 Å². The van der Waals surface area contributed by atoms with E-state index >= 15 is 0 Å². The van der Waals surface area contributed by atoms with Gasteiger partial charge in [-0.1, -0.05) is 0 Å². The normalized spacial score (nSPS) is 15.7. The SMILES string of the molecule is CC(=O)c1c(C)[nH]c(C(=O)NC2CCN(C(=O)OC(C)(C)C)CC2)c1C. The highest BCUT2D eigenvalue weighted by Gasteiger charge is 2.28. The lowest BCUT2D eigenvalue weighted by Crippen LogP contribution is -2.47. The molecular weight excluding hydrogens is 334 g/mol. The molecule has 26 heavy (non-hydrogen) atoms. The minimum Gasteiger partial charge on any atom is -0.444 e. The van der Waals surface area contributed by atoms with Crippen LogP contribution in [0.2, 0.25) is 0 Å². The van der Waals surface area contributed by atoms with E-state index in [4.69, 9.17) is 4.74 Å². The average molecular weight is 363 g/mol. The minimum atomic E-state index is -0.514. The number of carbonyl (C=O) groups is 3. The molecule has 2 N–H and O–H groups in total. The molecule has 144 valence electrons. The van der Waals surface area contributed by atoms with E-state index < -0.39 is 5.60 Å². The molecule has 0 unspecified atom stereocenters. The summed E-state index contributed by atoms with van der Waals surface area (Å²) in [5.74, 6) is -0.269. The van der Waals surface area contributed by atoms with Crippen LogP contribution in [0.5, 0.6) is 0 Å². The van der Waals surface area contributed by atoms with Gasteiger partial charge in [0.1, 0.15) is 11.3 Å². The maximum atomic E-state index is 12.6. The summed E-state index contributed by atoms with van der Waals surface area (Å²) in [4.78, 5) is 41.1. The number of ether oxygens (including phenoxy) is 1. The third-order valence-corrected chi connectivity index (χ3v) is 4.50. The summed E-state index contributed by atoms with van der Waals surface area (Å²) in [6.45, 7) is 11.7. The van der Waals surface area contributed by atoms with E-state index in [0.29, 0.717) is 48.4 Å². The number of rotatable bonds is 3. The molecule has 0 aliphatic carbocycles. The molecule has 1 aromatic rings. The van der Waals surface area contributed by atoms with E-state index in [1.165, 1.54) is 6.92 Å². The van der Waals surface area contributed by atoms with E-state index in [-0.39, 0.29) is 23.8 Å². The Bertz CT molecular complexity index is 707. The van der Waals surface area contributed by atoms with Crippen LogP contribution in [0.3, 0.4) is 0 Å². The zero-order valence-electron chi connectivity index (χ0n) is 16.5. The fraction of sp³-hybridized carbons (Fsp3) is 0.632. The van der Waals surface area contributed by atoms with Gasteiger partial charge in [-0.15, -0.1) is 0 Å².